The zero-order chi connectivity index (χ0) is 14.5. The molecule has 108 valence electrons. The standard InChI is InChI=1S/C13H14ClF2N3S/c1-20(2)11-5-8(14)3-4-10(11)18-12(19-20)17-9-6-13(15,16)7-9/h3-5,9H,1-2,6-7H2,(H2,17,18,19). The van der Waals surface area contributed by atoms with Gasteiger partial charge in [0.15, 0.2) is 0 Å². The van der Waals surface area contributed by atoms with Crippen molar-refractivity contribution in [3.05, 3.63) is 23.2 Å². The van der Waals surface area contributed by atoms with Crippen molar-refractivity contribution in [2.45, 2.75) is 29.7 Å². The van der Waals surface area contributed by atoms with Crippen molar-refractivity contribution in [2.75, 3.05) is 5.32 Å². The highest BCUT2D eigenvalue weighted by atomic mass is 35.5. The van der Waals surface area contributed by atoms with Crippen molar-refractivity contribution >= 4 is 44.4 Å². The van der Waals surface area contributed by atoms with E-state index in [-0.39, 0.29) is 18.9 Å². The second kappa shape index (κ2) is 4.36. The molecule has 0 saturated heterocycles. The molecular weight excluding hydrogens is 304 g/mol. The first-order chi connectivity index (χ1) is 9.25. The van der Waals surface area contributed by atoms with Gasteiger partial charge in [-0.2, -0.15) is 0 Å². The molecular formula is C13H14ClF2N3S. The third-order valence-corrected chi connectivity index (χ3v) is 5.29. The molecule has 1 aromatic carbocycles. The van der Waals surface area contributed by atoms with Gasteiger partial charge in [-0.05, 0) is 18.2 Å². The van der Waals surface area contributed by atoms with Crippen molar-refractivity contribution in [1.82, 2.24) is 4.72 Å². The topological polar surface area (TPSA) is 36.4 Å². The van der Waals surface area contributed by atoms with Crippen LogP contribution in [0.1, 0.15) is 12.8 Å². The van der Waals surface area contributed by atoms with Crippen molar-refractivity contribution in [3.8, 4) is 0 Å². The molecule has 0 atom stereocenters. The van der Waals surface area contributed by atoms with Gasteiger partial charge in [0.1, 0.15) is 0 Å². The summed E-state index contributed by atoms with van der Waals surface area (Å²) in [6.45, 7) is 0. The number of alkyl halides is 2. The highest BCUT2D eigenvalue weighted by Crippen LogP contribution is 2.42. The summed E-state index contributed by atoms with van der Waals surface area (Å²) in [5.74, 6) is 6.03. The molecule has 0 unspecified atom stereocenters. The molecule has 2 N–H and O–H groups in total. The van der Waals surface area contributed by atoms with Crippen LogP contribution >= 0.6 is 21.0 Å². The molecule has 3 nitrogen and oxygen atoms in total. The molecule has 7 heteroatoms. The maximum Gasteiger partial charge on any atom is 0.252 e. The summed E-state index contributed by atoms with van der Waals surface area (Å²) in [5.41, 5.74) is 0.818. The summed E-state index contributed by atoms with van der Waals surface area (Å²) >= 11 is 5.98. The van der Waals surface area contributed by atoms with Crippen molar-refractivity contribution < 1.29 is 8.78 Å². The number of halogens is 3. The van der Waals surface area contributed by atoms with E-state index >= 15 is 0 Å². The Balaban J connectivity index is 1.89. The molecule has 0 radical (unpaired) electrons. The smallest absolute Gasteiger partial charge is 0.252 e. The van der Waals surface area contributed by atoms with E-state index < -0.39 is 15.3 Å². The van der Waals surface area contributed by atoms with Crippen LogP contribution in [0.3, 0.4) is 0 Å². The summed E-state index contributed by atoms with van der Waals surface area (Å²) in [4.78, 5) is 5.17. The number of hydrogen-bond acceptors (Lipinski definition) is 1. The molecule has 0 spiro atoms. The fraction of sp³-hybridized carbons (Fsp3) is 0.308. The summed E-state index contributed by atoms with van der Waals surface area (Å²) in [6.07, 6.45) is -0.409. The van der Waals surface area contributed by atoms with Crippen molar-refractivity contribution in [2.24, 2.45) is 4.99 Å². The van der Waals surface area contributed by atoms with Crippen LogP contribution in [0.25, 0.3) is 0 Å². The molecule has 0 amide bonds. The van der Waals surface area contributed by atoms with Crippen molar-refractivity contribution in [3.63, 3.8) is 0 Å². The minimum atomic E-state index is -2.58. The number of rotatable bonds is 1. The van der Waals surface area contributed by atoms with Gasteiger partial charge in [0.25, 0.3) is 5.92 Å². The first-order valence-electron chi connectivity index (χ1n) is 6.05. The van der Waals surface area contributed by atoms with Crippen LogP contribution in [0.2, 0.25) is 5.02 Å². The average Bonchev–Trinajstić information content (AvgIpc) is 2.27. The van der Waals surface area contributed by atoms with Crippen LogP contribution in [-0.2, 0) is 0 Å². The summed E-state index contributed by atoms with van der Waals surface area (Å²) in [5, 5.41) is 3.69. The van der Waals surface area contributed by atoms with Gasteiger partial charge in [-0.1, -0.05) is 23.3 Å². The molecule has 3 rings (SSSR count). The number of benzene rings is 1. The average molecular weight is 318 g/mol. The van der Waals surface area contributed by atoms with Gasteiger partial charge >= 0.3 is 0 Å². The van der Waals surface area contributed by atoms with E-state index in [0.717, 1.165) is 10.6 Å². The minimum Gasteiger partial charge on any atom is -0.325 e. The Morgan fingerprint density at radius 1 is 1.35 bits per heavy atom. The Morgan fingerprint density at radius 2 is 2.05 bits per heavy atom. The van der Waals surface area contributed by atoms with E-state index in [4.69, 9.17) is 11.6 Å². The van der Waals surface area contributed by atoms with Crippen LogP contribution in [0.5, 0.6) is 0 Å². The van der Waals surface area contributed by atoms with Crippen LogP contribution in [-0.4, -0.2) is 29.7 Å². The maximum atomic E-state index is 12.8. The zero-order valence-corrected chi connectivity index (χ0v) is 12.2. The number of guanidine groups is 1. The largest absolute Gasteiger partial charge is 0.325 e. The second-order valence-electron chi connectivity index (χ2n) is 5.15. The fourth-order valence-corrected chi connectivity index (χ4v) is 3.99. The molecule has 1 fully saturated rings. The predicted octanol–water partition coefficient (Wildman–Crippen LogP) is 3.45. The highest BCUT2D eigenvalue weighted by Gasteiger charge is 2.45. The number of hydrogen-bond donors (Lipinski definition) is 2. The van der Waals surface area contributed by atoms with Crippen LogP contribution in [0.15, 0.2) is 28.1 Å². The van der Waals surface area contributed by atoms with E-state index in [1.165, 1.54) is 0 Å². The number of fused-ring (bicyclic) bond motifs is 1. The lowest BCUT2D eigenvalue weighted by Crippen LogP contribution is -2.42. The molecule has 1 aliphatic carbocycles. The molecule has 2 aliphatic rings. The van der Waals surface area contributed by atoms with E-state index in [1.807, 2.05) is 6.07 Å². The quantitative estimate of drug-likeness (QED) is 0.778. The lowest BCUT2D eigenvalue weighted by atomic mass is 9.89. The maximum absolute atomic E-state index is 12.8. The summed E-state index contributed by atoms with van der Waals surface area (Å²) < 4.78 is 28.8. The minimum absolute atomic E-state index is 0.204. The normalized spacial score (nSPS) is 25.2. The predicted molar refractivity (Wildman–Crippen MR) is 83.7 cm³/mol. The SMILES string of the molecule is C=S1(=C)NC(=NC2CC(F)(F)C2)Nc2ccc(Cl)cc21. The van der Waals surface area contributed by atoms with Gasteiger partial charge in [0.05, 0.1) is 11.7 Å². The molecule has 1 heterocycles. The van der Waals surface area contributed by atoms with E-state index in [1.54, 1.807) is 12.1 Å². The van der Waals surface area contributed by atoms with Crippen LogP contribution in [0, 0.1) is 0 Å². The molecule has 0 bridgehead atoms. The fourth-order valence-electron chi connectivity index (χ4n) is 2.28. The van der Waals surface area contributed by atoms with Gasteiger partial charge in [0.2, 0.25) is 5.96 Å². The Morgan fingerprint density at radius 3 is 2.70 bits per heavy atom. The van der Waals surface area contributed by atoms with Crippen LogP contribution in [0.4, 0.5) is 14.5 Å². The highest BCUT2D eigenvalue weighted by molar-refractivity contribution is 8.26. The van der Waals surface area contributed by atoms with Gasteiger partial charge in [-0.3, -0.25) is 0 Å². The van der Waals surface area contributed by atoms with Gasteiger partial charge < -0.3 is 10.0 Å². The number of nitrogens with zero attached hydrogens (tertiary/aromatic N) is 1. The molecule has 1 aromatic rings. The Bertz CT molecular complexity index is 690. The van der Waals surface area contributed by atoms with E-state index in [2.05, 4.69) is 26.8 Å². The van der Waals surface area contributed by atoms with E-state index in [0.29, 0.717) is 11.0 Å². The number of aliphatic imine (C=N–C) groups is 1. The molecule has 1 aliphatic heterocycles. The van der Waals surface area contributed by atoms with Gasteiger partial charge in [-0.25, -0.2) is 13.8 Å². The van der Waals surface area contributed by atoms with E-state index in [9.17, 15) is 8.78 Å². The molecule has 0 aromatic heterocycles. The zero-order valence-electron chi connectivity index (χ0n) is 10.6. The monoisotopic (exact) mass is 317 g/mol. The first kappa shape index (κ1) is 13.7. The van der Waals surface area contributed by atoms with Gasteiger partial charge in [-0.15, -0.1) is 9.39 Å². The lowest BCUT2D eigenvalue weighted by molar-refractivity contribution is -0.0834. The molecule has 1 saturated carbocycles. The third kappa shape index (κ3) is 2.50. The van der Waals surface area contributed by atoms with Crippen LogP contribution < -0.4 is 10.0 Å². The Labute approximate surface area is 121 Å². The Hall–Kier alpha value is -1.27. The summed E-state index contributed by atoms with van der Waals surface area (Å²) in [6, 6.07) is 5.02. The molecule has 20 heavy (non-hydrogen) atoms. The van der Waals surface area contributed by atoms with Crippen molar-refractivity contribution in [1.29, 1.82) is 0 Å². The first-order valence-corrected chi connectivity index (χ1v) is 8.40. The Kier molecular flexibility index (Phi) is 2.99. The van der Waals surface area contributed by atoms with Gasteiger partial charge in [0, 0.05) is 22.8 Å². The second-order valence-corrected chi connectivity index (χ2v) is 7.99. The lowest BCUT2D eigenvalue weighted by Gasteiger charge is -2.34. The third-order valence-electron chi connectivity index (χ3n) is 3.29. The number of nitrogens with one attached hydrogen (secondary N) is 2. The number of anilines is 1. The summed E-state index contributed by atoms with van der Waals surface area (Å²) in [7, 11) is -1.79.